The summed E-state index contributed by atoms with van der Waals surface area (Å²) < 4.78 is 107. The lowest BCUT2D eigenvalue weighted by atomic mass is 10.1. The first-order chi connectivity index (χ1) is 14.1. The summed E-state index contributed by atoms with van der Waals surface area (Å²) in [5, 5.41) is 18.8. The Morgan fingerprint density at radius 2 is 1.74 bits per heavy atom. The van der Waals surface area contributed by atoms with Crippen molar-refractivity contribution in [2.24, 2.45) is 7.05 Å². The van der Waals surface area contributed by atoms with E-state index in [0.29, 0.717) is 9.56 Å². The third-order valence-electron chi connectivity index (χ3n) is 4.06. The monoisotopic (exact) mass is 475 g/mol. The summed E-state index contributed by atoms with van der Waals surface area (Å²) in [6, 6.07) is 1.17. The van der Waals surface area contributed by atoms with Crippen molar-refractivity contribution in [2.45, 2.75) is 25.2 Å². The summed E-state index contributed by atoms with van der Waals surface area (Å²) in [7, 11) is 0.736. The number of thiophene rings is 1. The lowest BCUT2D eigenvalue weighted by molar-refractivity contribution is -0.292. The van der Waals surface area contributed by atoms with Crippen molar-refractivity contribution in [3.63, 3.8) is 0 Å². The highest BCUT2D eigenvalue weighted by Crippen LogP contribution is 2.49. The van der Waals surface area contributed by atoms with E-state index >= 15 is 0 Å². The molecule has 3 rings (SSSR count). The van der Waals surface area contributed by atoms with Crippen molar-refractivity contribution in [3.05, 3.63) is 34.0 Å². The van der Waals surface area contributed by atoms with Crippen molar-refractivity contribution < 1.29 is 45.0 Å². The number of rotatable bonds is 4. The second kappa shape index (κ2) is 7.00. The highest BCUT2D eigenvalue weighted by Gasteiger charge is 2.64. The molecule has 0 aliphatic carbocycles. The van der Waals surface area contributed by atoms with Gasteiger partial charge in [0.05, 0.1) is 16.6 Å². The number of hydrogen-bond acceptors (Lipinski definition) is 5. The van der Waals surface area contributed by atoms with Crippen molar-refractivity contribution >= 4 is 17.3 Å². The van der Waals surface area contributed by atoms with E-state index < -0.39 is 41.3 Å². The van der Waals surface area contributed by atoms with Gasteiger partial charge < -0.3 is 5.11 Å². The van der Waals surface area contributed by atoms with Crippen molar-refractivity contribution in [1.82, 2.24) is 24.8 Å². The molecule has 0 saturated carbocycles. The van der Waals surface area contributed by atoms with E-state index in [1.165, 1.54) is 13.0 Å². The van der Waals surface area contributed by atoms with Gasteiger partial charge in [-0.2, -0.15) is 40.2 Å². The molecule has 0 atom stereocenters. The molecule has 0 bridgehead atoms. The maximum Gasteiger partial charge on any atom is 0.459 e. The molecule has 7 nitrogen and oxygen atoms in total. The zero-order valence-corrected chi connectivity index (χ0v) is 16.0. The molecular weight excluding hydrogens is 466 g/mol. The number of hydrogen-bond donors (Lipinski definition) is 1. The predicted octanol–water partition coefficient (Wildman–Crippen LogP) is 4.41. The fraction of sp³-hybridized carbons (Fsp3) is 0.333. The van der Waals surface area contributed by atoms with E-state index in [4.69, 9.17) is 5.11 Å². The average molecular weight is 475 g/mol. The van der Waals surface area contributed by atoms with Gasteiger partial charge in [-0.05, 0) is 13.0 Å². The highest BCUT2D eigenvalue weighted by molar-refractivity contribution is 7.15. The van der Waals surface area contributed by atoms with Gasteiger partial charge in [0.15, 0.2) is 11.5 Å². The van der Waals surface area contributed by atoms with Gasteiger partial charge >= 0.3 is 24.2 Å². The molecule has 0 saturated heterocycles. The van der Waals surface area contributed by atoms with Crippen LogP contribution in [0.1, 0.15) is 26.5 Å². The third kappa shape index (κ3) is 3.75. The summed E-state index contributed by atoms with van der Waals surface area (Å²) >= 11 is 0.921. The molecule has 3 aromatic heterocycles. The number of nitrogens with zero attached hydrogens (tertiary/aromatic N) is 5. The molecular formula is C15H9F8N5O2S. The fourth-order valence-corrected chi connectivity index (χ4v) is 3.65. The van der Waals surface area contributed by atoms with Gasteiger partial charge in [0.25, 0.3) is 0 Å². The summed E-state index contributed by atoms with van der Waals surface area (Å²) in [4.78, 5) is 11.7. The zero-order chi connectivity index (χ0) is 23.5. The van der Waals surface area contributed by atoms with Gasteiger partial charge in [0, 0.05) is 11.9 Å². The van der Waals surface area contributed by atoms with Crippen LogP contribution in [0.2, 0.25) is 0 Å². The summed E-state index contributed by atoms with van der Waals surface area (Å²) in [6.45, 7) is 1.47. The van der Waals surface area contributed by atoms with Crippen LogP contribution >= 0.6 is 11.3 Å². The molecule has 3 heterocycles. The molecule has 0 aromatic carbocycles. The van der Waals surface area contributed by atoms with Crippen LogP contribution in [0.3, 0.4) is 0 Å². The molecule has 0 aliphatic rings. The number of halogens is 8. The van der Waals surface area contributed by atoms with Gasteiger partial charge in [-0.3, -0.25) is 0 Å². The van der Waals surface area contributed by atoms with E-state index in [1.807, 2.05) is 0 Å². The van der Waals surface area contributed by atoms with E-state index in [1.54, 1.807) is 0 Å². The smallest absolute Gasteiger partial charge is 0.459 e. The standard InChI is InChI=1S/C15H9F8N5O2S/c1-5-6(12(29)30)3-8(31-5)7-4-28(26-24-7)11-9(14(18,19)20)10(25-27(11)2)13(16,17)15(21,22)23/h3-4H,1-2H3,(H,29,30). The molecule has 3 aromatic rings. The van der Waals surface area contributed by atoms with Crippen LogP contribution in [-0.2, 0) is 19.1 Å². The van der Waals surface area contributed by atoms with Crippen LogP contribution in [0.15, 0.2) is 12.3 Å². The Morgan fingerprint density at radius 3 is 2.23 bits per heavy atom. The van der Waals surface area contributed by atoms with Crippen LogP contribution in [0.25, 0.3) is 16.4 Å². The number of aromatic carboxylic acids is 1. The number of alkyl halides is 8. The van der Waals surface area contributed by atoms with Crippen LogP contribution < -0.4 is 0 Å². The summed E-state index contributed by atoms with van der Waals surface area (Å²) in [6.07, 6.45) is -11.1. The van der Waals surface area contributed by atoms with Gasteiger partial charge in [-0.1, -0.05) is 5.21 Å². The molecule has 0 amide bonds. The van der Waals surface area contributed by atoms with Crippen molar-refractivity contribution in [3.8, 4) is 16.4 Å². The molecule has 16 heteroatoms. The highest BCUT2D eigenvalue weighted by atomic mass is 32.1. The Balaban J connectivity index is 2.19. The Morgan fingerprint density at radius 1 is 1.13 bits per heavy atom. The first-order valence-electron chi connectivity index (χ1n) is 7.91. The van der Waals surface area contributed by atoms with E-state index in [2.05, 4.69) is 15.4 Å². The molecule has 0 aliphatic heterocycles. The Hall–Kier alpha value is -3.04. The van der Waals surface area contributed by atoms with Crippen LogP contribution in [0, 0.1) is 6.92 Å². The van der Waals surface area contributed by atoms with Crippen LogP contribution in [0.5, 0.6) is 0 Å². The average Bonchev–Trinajstić information content (AvgIpc) is 3.29. The lowest BCUT2D eigenvalue weighted by Gasteiger charge is -2.19. The lowest BCUT2D eigenvalue weighted by Crippen LogP contribution is -2.36. The number of carboxylic acids is 1. The van der Waals surface area contributed by atoms with Gasteiger partial charge in [0.1, 0.15) is 11.3 Å². The largest absolute Gasteiger partial charge is 0.478 e. The molecule has 1 N–H and O–H groups in total. The van der Waals surface area contributed by atoms with Crippen molar-refractivity contribution in [1.29, 1.82) is 0 Å². The Bertz CT molecular complexity index is 1160. The maximum atomic E-state index is 13.8. The summed E-state index contributed by atoms with van der Waals surface area (Å²) in [5.41, 5.74) is -5.08. The van der Waals surface area contributed by atoms with Gasteiger partial charge in [-0.25, -0.2) is 14.2 Å². The second-order valence-electron chi connectivity index (χ2n) is 6.17. The SMILES string of the molecule is Cc1sc(-c2cn(-c3c(C(F)(F)F)c(C(F)(F)C(F)(F)F)nn3C)nn2)cc1C(=O)O. The first-order valence-corrected chi connectivity index (χ1v) is 8.73. The normalized spacial score (nSPS) is 13.1. The topological polar surface area (TPSA) is 85.8 Å². The van der Waals surface area contributed by atoms with E-state index in [0.717, 1.165) is 24.6 Å². The molecule has 31 heavy (non-hydrogen) atoms. The fourth-order valence-electron chi connectivity index (χ4n) is 2.69. The predicted molar refractivity (Wildman–Crippen MR) is 88.1 cm³/mol. The molecule has 168 valence electrons. The van der Waals surface area contributed by atoms with Crippen LogP contribution in [-0.4, -0.2) is 42.0 Å². The Kier molecular flexibility index (Phi) is 5.11. The summed E-state index contributed by atoms with van der Waals surface area (Å²) in [5.74, 6) is -8.38. The maximum absolute atomic E-state index is 13.8. The number of carboxylic acid groups (broad SMARTS) is 1. The number of aromatic nitrogens is 5. The zero-order valence-electron chi connectivity index (χ0n) is 15.2. The number of carbonyl (C=O) groups is 1. The first kappa shape index (κ1) is 22.6. The molecule has 0 unspecified atom stereocenters. The van der Waals surface area contributed by atoms with Crippen LogP contribution in [0.4, 0.5) is 35.1 Å². The number of aryl methyl sites for hydroxylation is 2. The second-order valence-corrected chi connectivity index (χ2v) is 7.43. The quantitative estimate of drug-likeness (QED) is 0.566. The van der Waals surface area contributed by atoms with Gasteiger partial charge in [-0.15, -0.1) is 16.4 Å². The van der Waals surface area contributed by atoms with E-state index in [-0.39, 0.29) is 20.8 Å². The van der Waals surface area contributed by atoms with Gasteiger partial charge in [0.2, 0.25) is 0 Å². The minimum Gasteiger partial charge on any atom is -0.478 e. The van der Waals surface area contributed by atoms with Crippen molar-refractivity contribution in [2.75, 3.05) is 0 Å². The molecule has 0 spiro atoms. The molecule has 0 fully saturated rings. The third-order valence-corrected chi connectivity index (χ3v) is 5.14. The minimum atomic E-state index is -6.33. The van der Waals surface area contributed by atoms with E-state index in [9.17, 15) is 39.9 Å². The molecule has 0 radical (unpaired) electrons. The minimum absolute atomic E-state index is 0.0989. The Labute approximate surface area is 170 Å².